The van der Waals surface area contributed by atoms with Gasteiger partial charge in [0.1, 0.15) is 0 Å². The number of carbonyl (C=O) groups excluding carboxylic acids is 2. The SMILES string of the molecule is CC(C)CNC(=O)c1ccccc1NC(=O)c1ccc(N(C)S(C)(=O)=O)cc1. The number of hydrogen-bond donors (Lipinski definition) is 2. The van der Waals surface area contributed by atoms with E-state index in [1.165, 1.54) is 19.2 Å². The lowest BCUT2D eigenvalue weighted by Crippen LogP contribution is -2.28. The minimum absolute atomic E-state index is 0.255. The third-order valence-corrected chi connectivity index (χ3v) is 5.29. The van der Waals surface area contributed by atoms with Gasteiger partial charge in [-0.25, -0.2) is 8.42 Å². The molecule has 0 saturated carbocycles. The molecule has 0 aliphatic rings. The Morgan fingerprint density at radius 3 is 2.18 bits per heavy atom. The molecule has 0 atom stereocenters. The third-order valence-electron chi connectivity index (χ3n) is 4.08. The number of anilines is 2. The summed E-state index contributed by atoms with van der Waals surface area (Å²) in [5.74, 6) is -0.332. The number of hydrogen-bond acceptors (Lipinski definition) is 4. The van der Waals surface area contributed by atoms with Crippen LogP contribution in [0.15, 0.2) is 48.5 Å². The van der Waals surface area contributed by atoms with Gasteiger partial charge in [-0.2, -0.15) is 0 Å². The minimum Gasteiger partial charge on any atom is -0.352 e. The Balaban J connectivity index is 2.16. The summed E-state index contributed by atoms with van der Waals surface area (Å²) in [6, 6.07) is 13.0. The van der Waals surface area contributed by atoms with Crippen molar-refractivity contribution in [3.05, 3.63) is 59.7 Å². The van der Waals surface area contributed by atoms with Gasteiger partial charge in [0, 0.05) is 19.2 Å². The van der Waals surface area contributed by atoms with E-state index in [2.05, 4.69) is 10.6 Å². The number of rotatable bonds is 7. The van der Waals surface area contributed by atoms with Gasteiger partial charge >= 0.3 is 0 Å². The Hall–Kier alpha value is -2.87. The number of benzene rings is 2. The number of nitrogens with one attached hydrogen (secondary N) is 2. The standard InChI is InChI=1S/C20H25N3O4S/c1-14(2)13-21-20(25)17-7-5-6-8-18(17)22-19(24)15-9-11-16(12-10-15)23(3)28(4,26)27/h5-12,14H,13H2,1-4H3,(H,21,25)(H,22,24). The zero-order valence-corrected chi connectivity index (χ0v) is 17.2. The average molecular weight is 404 g/mol. The van der Waals surface area contributed by atoms with Crippen LogP contribution < -0.4 is 14.9 Å². The molecule has 0 heterocycles. The average Bonchev–Trinajstić information content (AvgIpc) is 2.65. The first-order chi connectivity index (χ1) is 13.1. The normalized spacial score (nSPS) is 11.2. The van der Waals surface area contributed by atoms with Crippen LogP contribution in [-0.4, -0.2) is 40.1 Å². The van der Waals surface area contributed by atoms with Gasteiger partial charge in [-0.1, -0.05) is 26.0 Å². The molecule has 2 aromatic rings. The maximum atomic E-state index is 12.6. The van der Waals surface area contributed by atoms with Gasteiger partial charge < -0.3 is 10.6 Å². The van der Waals surface area contributed by atoms with Crippen molar-refractivity contribution in [1.82, 2.24) is 5.32 Å². The second-order valence-electron chi connectivity index (χ2n) is 6.88. The molecule has 0 fully saturated rings. The zero-order valence-electron chi connectivity index (χ0n) is 16.4. The summed E-state index contributed by atoms with van der Waals surface area (Å²) in [7, 11) is -1.94. The first-order valence-electron chi connectivity index (χ1n) is 8.82. The molecule has 2 N–H and O–H groups in total. The second-order valence-corrected chi connectivity index (χ2v) is 8.89. The van der Waals surface area contributed by atoms with E-state index in [0.717, 1.165) is 10.6 Å². The van der Waals surface area contributed by atoms with E-state index in [9.17, 15) is 18.0 Å². The molecule has 8 heteroatoms. The van der Waals surface area contributed by atoms with Crippen LogP contribution >= 0.6 is 0 Å². The van der Waals surface area contributed by atoms with E-state index < -0.39 is 15.9 Å². The van der Waals surface area contributed by atoms with Crippen LogP contribution in [0.25, 0.3) is 0 Å². The van der Waals surface area contributed by atoms with Crippen molar-refractivity contribution in [3.63, 3.8) is 0 Å². The highest BCUT2D eigenvalue weighted by molar-refractivity contribution is 7.92. The van der Waals surface area contributed by atoms with Crippen molar-refractivity contribution < 1.29 is 18.0 Å². The molecular formula is C20H25N3O4S. The minimum atomic E-state index is -3.38. The number of carbonyl (C=O) groups is 2. The van der Waals surface area contributed by atoms with Gasteiger partial charge in [-0.3, -0.25) is 13.9 Å². The molecule has 28 heavy (non-hydrogen) atoms. The van der Waals surface area contributed by atoms with Crippen LogP contribution in [0.3, 0.4) is 0 Å². The number of para-hydroxylation sites is 1. The highest BCUT2D eigenvalue weighted by Gasteiger charge is 2.16. The van der Waals surface area contributed by atoms with E-state index in [-0.39, 0.29) is 5.91 Å². The molecule has 0 aliphatic heterocycles. The van der Waals surface area contributed by atoms with Gasteiger partial charge in [0.05, 0.1) is 23.2 Å². The van der Waals surface area contributed by atoms with Crippen LogP contribution in [0.4, 0.5) is 11.4 Å². The molecule has 2 amide bonds. The van der Waals surface area contributed by atoms with Gasteiger partial charge in [0.25, 0.3) is 11.8 Å². The van der Waals surface area contributed by atoms with Crippen molar-refractivity contribution >= 4 is 33.2 Å². The Kier molecular flexibility index (Phi) is 6.80. The number of sulfonamides is 1. The molecular weight excluding hydrogens is 378 g/mol. The highest BCUT2D eigenvalue weighted by Crippen LogP contribution is 2.19. The van der Waals surface area contributed by atoms with Gasteiger partial charge in [0.15, 0.2) is 0 Å². The van der Waals surface area contributed by atoms with Crippen LogP contribution in [0.5, 0.6) is 0 Å². The largest absolute Gasteiger partial charge is 0.352 e. The molecule has 0 spiro atoms. The predicted molar refractivity (Wildman–Crippen MR) is 111 cm³/mol. The van der Waals surface area contributed by atoms with E-state index >= 15 is 0 Å². The first-order valence-corrected chi connectivity index (χ1v) is 10.7. The molecule has 2 aromatic carbocycles. The molecule has 0 radical (unpaired) electrons. The molecule has 0 bridgehead atoms. The Morgan fingerprint density at radius 2 is 1.61 bits per heavy atom. The molecule has 150 valence electrons. The van der Waals surface area contributed by atoms with Gasteiger partial charge in [-0.15, -0.1) is 0 Å². The molecule has 0 aromatic heterocycles. The number of nitrogens with zero attached hydrogens (tertiary/aromatic N) is 1. The summed E-state index contributed by atoms with van der Waals surface area (Å²) >= 11 is 0. The summed E-state index contributed by atoms with van der Waals surface area (Å²) in [5.41, 5.74) is 1.59. The number of amides is 2. The fourth-order valence-corrected chi connectivity index (χ4v) is 2.90. The maximum absolute atomic E-state index is 12.6. The zero-order chi connectivity index (χ0) is 20.9. The lowest BCUT2D eigenvalue weighted by molar-refractivity contribution is 0.0950. The molecule has 7 nitrogen and oxygen atoms in total. The lowest BCUT2D eigenvalue weighted by atomic mass is 10.1. The summed E-state index contributed by atoms with van der Waals surface area (Å²) in [4.78, 5) is 24.9. The monoisotopic (exact) mass is 403 g/mol. The van der Waals surface area contributed by atoms with Crippen molar-refractivity contribution in [2.24, 2.45) is 5.92 Å². The summed E-state index contributed by atoms with van der Waals surface area (Å²) < 4.78 is 24.3. The molecule has 0 unspecified atom stereocenters. The van der Waals surface area contributed by atoms with Crippen LogP contribution in [0, 0.1) is 5.92 Å². The van der Waals surface area contributed by atoms with Crippen LogP contribution in [0.2, 0.25) is 0 Å². The fraction of sp³-hybridized carbons (Fsp3) is 0.300. The van der Waals surface area contributed by atoms with Crippen LogP contribution in [-0.2, 0) is 10.0 Å². The van der Waals surface area contributed by atoms with Crippen molar-refractivity contribution in [2.75, 3.05) is 29.5 Å². The van der Waals surface area contributed by atoms with E-state index in [4.69, 9.17) is 0 Å². The maximum Gasteiger partial charge on any atom is 0.255 e. The molecule has 0 saturated heterocycles. The fourth-order valence-electron chi connectivity index (χ4n) is 2.39. The molecule has 2 rings (SSSR count). The predicted octanol–water partition coefficient (Wildman–Crippen LogP) is 2.72. The highest BCUT2D eigenvalue weighted by atomic mass is 32.2. The lowest BCUT2D eigenvalue weighted by Gasteiger charge is -2.17. The van der Waals surface area contributed by atoms with E-state index in [0.29, 0.717) is 35.0 Å². The topological polar surface area (TPSA) is 95.6 Å². The summed E-state index contributed by atoms with van der Waals surface area (Å²) in [5, 5.41) is 5.58. The third kappa shape index (κ3) is 5.56. The Morgan fingerprint density at radius 1 is 1.00 bits per heavy atom. The van der Waals surface area contributed by atoms with Gasteiger partial charge in [0.2, 0.25) is 10.0 Å². The van der Waals surface area contributed by atoms with Crippen molar-refractivity contribution in [1.29, 1.82) is 0 Å². The second kappa shape index (κ2) is 8.88. The van der Waals surface area contributed by atoms with Crippen molar-refractivity contribution in [2.45, 2.75) is 13.8 Å². The van der Waals surface area contributed by atoms with Crippen LogP contribution in [0.1, 0.15) is 34.6 Å². The van der Waals surface area contributed by atoms with E-state index in [1.807, 2.05) is 13.8 Å². The smallest absolute Gasteiger partial charge is 0.255 e. The first kappa shape index (κ1) is 21.4. The van der Waals surface area contributed by atoms with E-state index in [1.54, 1.807) is 36.4 Å². The summed E-state index contributed by atoms with van der Waals surface area (Å²) in [6.45, 7) is 4.54. The molecule has 0 aliphatic carbocycles. The Bertz CT molecular complexity index is 954. The quantitative estimate of drug-likeness (QED) is 0.743. The Labute approximate surface area is 165 Å². The summed E-state index contributed by atoms with van der Waals surface area (Å²) in [6.07, 6.45) is 1.11. The van der Waals surface area contributed by atoms with Crippen molar-refractivity contribution in [3.8, 4) is 0 Å². The van der Waals surface area contributed by atoms with Gasteiger partial charge in [-0.05, 0) is 42.3 Å².